The number of carbonyl (C=O) groups excluding carboxylic acids is 8. The van der Waals surface area contributed by atoms with Crippen LogP contribution in [0, 0.1) is 0 Å². The van der Waals surface area contributed by atoms with E-state index in [0.717, 1.165) is 55.4 Å². The van der Waals surface area contributed by atoms with E-state index in [1.54, 1.807) is 0 Å². The van der Waals surface area contributed by atoms with Gasteiger partial charge in [0.15, 0.2) is 30.7 Å². The molecule has 2 aliphatic rings. The molecule has 2 rings (SSSR count). The van der Waals surface area contributed by atoms with Crippen molar-refractivity contribution in [3.8, 4) is 0 Å². The van der Waals surface area contributed by atoms with Crippen molar-refractivity contribution in [3.05, 3.63) is 0 Å². The van der Waals surface area contributed by atoms with E-state index in [2.05, 4.69) is 0 Å². The second-order valence-corrected chi connectivity index (χ2v) is 10.3. The van der Waals surface area contributed by atoms with Crippen molar-refractivity contribution in [1.29, 1.82) is 0 Å². The minimum absolute atomic E-state index is 0.590. The number of hydrogen-bond donors (Lipinski definition) is 0. The van der Waals surface area contributed by atoms with Crippen molar-refractivity contribution < 1.29 is 90.5 Å². The average Bonchev–Trinajstić information content (AvgIpc) is 2.91. The Balaban J connectivity index is 2.73. The lowest BCUT2D eigenvalue weighted by Crippen LogP contribution is -2.67. The zero-order valence-electron chi connectivity index (χ0n) is 26.9. The van der Waals surface area contributed by atoms with Crippen LogP contribution in [0.2, 0.25) is 0 Å². The van der Waals surface area contributed by atoms with Crippen molar-refractivity contribution in [3.63, 3.8) is 0 Å². The Labute approximate surface area is 268 Å². The van der Waals surface area contributed by atoms with Gasteiger partial charge < -0.3 is 52.1 Å². The molecule has 0 radical (unpaired) electrons. The Hall–Kier alpha value is -4.36. The van der Waals surface area contributed by atoms with Crippen molar-refractivity contribution in [2.24, 2.45) is 0 Å². The molecule has 10 atom stereocenters. The largest absolute Gasteiger partial charge is 0.463 e. The molecule has 19 heteroatoms. The molecule has 2 aliphatic heterocycles. The van der Waals surface area contributed by atoms with Crippen molar-refractivity contribution in [2.45, 2.75) is 117 Å². The summed E-state index contributed by atoms with van der Waals surface area (Å²) in [5.74, 6) is -7.02. The maximum Gasteiger partial charge on any atom is 0.305 e. The first-order valence-electron chi connectivity index (χ1n) is 14.2. The molecular weight excluding hydrogens is 640 g/mol. The summed E-state index contributed by atoms with van der Waals surface area (Å²) in [6.07, 6.45) is -16.3. The molecule has 19 nitrogen and oxygen atoms in total. The number of esters is 8. The van der Waals surface area contributed by atoms with Crippen LogP contribution in [0.3, 0.4) is 0 Å². The third kappa shape index (κ3) is 12.1. The molecule has 2 heterocycles. The standard InChI is InChI=1S/C28H38O19/c1-11(29)37-9-19-21(39-13(3)31)23(40-14(4)32)26(43-17(7)35)28(46-19)47-22-20(10-38-12(2)30)45-27(44-18(8)36)25(42-16(6)34)24(22)41-15(5)33/h19-28H,9-10H2,1-8H3/t19-,20-,21+,22+,23+,24+,25-,26-,27?,28-/m1/s1. The summed E-state index contributed by atoms with van der Waals surface area (Å²) < 4.78 is 60.2. The third-order valence-corrected chi connectivity index (χ3v) is 6.17. The van der Waals surface area contributed by atoms with Crippen LogP contribution in [-0.4, -0.2) is 122 Å². The number of rotatable bonds is 12. The van der Waals surface area contributed by atoms with Crippen LogP contribution in [0.25, 0.3) is 0 Å². The highest BCUT2D eigenvalue weighted by Gasteiger charge is 2.58. The van der Waals surface area contributed by atoms with E-state index in [-0.39, 0.29) is 0 Å². The molecule has 0 aliphatic carbocycles. The van der Waals surface area contributed by atoms with Gasteiger partial charge in [-0.2, -0.15) is 0 Å². The predicted octanol–water partition coefficient (Wildman–Crippen LogP) is -0.831. The molecule has 0 bridgehead atoms. The summed E-state index contributed by atoms with van der Waals surface area (Å²) >= 11 is 0. The highest BCUT2D eigenvalue weighted by Crippen LogP contribution is 2.35. The summed E-state index contributed by atoms with van der Waals surface area (Å²) in [7, 11) is 0. The van der Waals surface area contributed by atoms with Crippen LogP contribution < -0.4 is 0 Å². The lowest BCUT2D eigenvalue weighted by atomic mass is 9.96. The zero-order valence-corrected chi connectivity index (χ0v) is 26.9. The van der Waals surface area contributed by atoms with Crippen LogP contribution >= 0.6 is 0 Å². The van der Waals surface area contributed by atoms with E-state index >= 15 is 0 Å². The van der Waals surface area contributed by atoms with Gasteiger partial charge in [-0.15, -0.1) is 0 Å². The molecule has 0 spiro atoms. The lowest BCUT2D eigenvalue weighted by Gasteiger charge is -2.48. The zero-order chi connectivity index (χ0) is 35.6. The maximum absolute atomic E-state index is 12.3. The van der Waals surface area contributed by atoms with E-state index < -0.39 is 122 Å². The summed E-state index contributed by atoms with van der Waals surface area (Å²) in [6.45, 7) is 7.05. The van der Waals surface area contributed by atoms with Gasteiger partial charge in [0.25, 0.3) is 0 Å². The summed E-state index contributed by atoms with van der Waals surface area (Å²) in [4.78, 5) is 96.3. The Morgan fingerprint density at radius 2 is 0.702 bits per heavy atom. The first kappa shape index (κ1) is 38.8. The molecule has 2 saturated heterocycles. The van der Waals surface area contributed by atoms with Crippen molar-refractivity contribution in [1.82, 2.24) is 0 Å². The fourth-order valence-electron chi connectivity index (χ4n) is 4.73. The topological polar surface area (TPSA) is 238 Å². The van der Waals surface area contributed by atoms with Crippen molar-refractivity contribution in [2.75, 3.05) is 13.2 Å². The Kier molecular flexibility index (Phi) is 14.5. The van der Waals surface area contributed by atoms with Crippen LogP contribution in [0.5, 0.6) is 0 Å². The minimum Gasteiger partial charge on any atom is -0.463 e. The van der Waals surface area contributed by atoms with Gasteiger partial charge in [0, 0.05) is 55.4 Å². The SMILES string of the molecule is CC(=O)OC[C@H]1O[C@H](O[C@@H]2[C@H](OC(C)=O)[C@@H](OC(C)=O)C(OC(C)=O)O[C@@H]2COC(C)=O)[C@H](OC(C)=O)[C@@H](OC(C)=O)[C@H]1OC(C)=O. The molecule has 0 aromatic heterocycles. The number of ether oxygens (including phenoxy) is 11. The highest BCUT2D eigenvalue weighted by atomic mass is 16.8. The molecular formula is C28H38O19. The molecule has 47 heavy (non-hydrogen) atoms. The summed E-state index contributed by atoms with van der Waals surface area (Å²) in [5.41, 5.74) is 0. The van der Waals surface area contributed by atoms with Gasteiger partial charge in [-0.05, 0) is 0 Å². The van der Waals surface area contributed by atoms with Crippen molar-refractivity contribution >= 4 is 47.8 Å². The molecule has 0 aromatic rings. The fourth-order valence-corrected chi connectivity index (χ4v) is 4.73. The van der Waals surface area contributed by atoms with E-state index in [0.29, 0.717) is 0 Å². The molecule has 264 valence electrons. The minimum atomic E-state index is -1.83. The highest BCUT2D eigenvalue weighted by molar-refractivity contribution is 5.70. The van der Waals surface area contributed by atoms with Gasteiger partial charge in [-0.3, -0.25) is 38.4 Å². The monoisotopic (exact) mass is 678 g/mol. The first-order chi connectivity index (χ1) is 21.9. The van der Waals surface area contributed by atoms with Gasteiger partial charge in [0.2, 0.25) is 12.4 Å². The van der Waals surface area contributed by atoms with Gasteiger partial charge >= 0.3 is 47.8 Å². The molecule has 0 saturated carbocycles. The average molecular weight is 679 g/mol. The van der Waals surface area contributed by atoms with Crippen LogP contribution in [0.4, 0.5) is 0 Å². The van der Waals surface area contributed by atoms with E-state index in [9.17, 15) is 38.4 Å². The smallest absolute Gasteiger partial charge is 0.305 e. The number of hydrogen-bond acceptors (Lipinski definition) is 19. The van der Waals surface area contributed by atoms with Crippen LogP contribution in [0.15, 0.2) is 0 Å². The normalized spacial score (nSPS) is 30.0. The lowest BCUT2D eigenvalue weighted by molar-refractivity contribution is -0.357. The van der Waals surface area contributed by atoms with Crippen LogP contribution in [0.1, 0.15) is 55.4 Å². The Morgan fingerprint density at radius 3 is 1.11 bits per heavy atom. The van der Waals surface area contributed by atoms with Gasteiger partial charge in [-0.1, -0.05) is 0 Å². The fraction of sp³-hybridized carbons (Fsp3) is 0.714. The predicted molar refractivity (Wildman–Crippen MR) is 145 cm³/mol. The molecule has 0 aromatic carbocycles. The molecule has 2 fully saturated rings. The Morgan fingerprint density at radius 1 is 0.383 bits per heavy atom. The third-order valence-electron chi connectivity index (χ3n) is 6.17. The Bertz CT molecular complexity index is 1200. The summed E-state index contributed by atoms with van der Waals surface area (Å²) in [5, 5.41) is 0. The molecule has 1 unspecified atom stereocenters. The molecule has 0 N–H and O–H groups in total. The van der Waals surface area contributed by atoms with E-state index in [1.165, 1.54) is 0 Å². The van der Waals surface area contributed by atoms with Gasteiger partial charge in [0.1, 0.15) is 31.5 Å². The van der Waals surface area contributed by atoms with Gasteiger partial charge in [-0.25, -0.2) is 0 Å². The van der Waals surface area contributed by atoms with Crippen LogP contribution in [-0.2, 0) is 90.5 Å². The van der Waals surface area contributed by atoms with E-state index in [1.807, 2.05) is 0 Å². The second kappa shape index (κ2) is 17.5. The van der Waals surface area contributed by atoms with E-state index in [4.69, 9.17) is 52.1 Å². The maximum atomic E-state index is 12.3. The summed E-state index contributed by atoms with van der Waals surface area (Å²) in [6, 6.07) is 0. The second-order valence-electron chi connectivity index (χ2n) is 10.3. The first-order valence-corrected chi connectivity index (χ1v) is 14.2. The molecule has 0 amide bonds. The van der Waals surface area contributed by atoms with Gasteiger partial charge in [0.05, 0.1) is 0 Å². The number of carbonyl (C=O) groups is 8. The quantitative estimate of drug-likeness (QED) is 0.181.